The third kappa shape index (κ3) is 5.19. The van der Waals surface area contributed by atoms with Crippen LogP contribution in [0.15, 0.2) is 30.5 Å². The van der Waals surface area contributed by atoms with Crippen LogP contribution in [0.1, 0.15) is 64.7 Å². The van der Waals surface area contributed by atoms with Gasteiger partial charge in [-0.25, -0.2) is 4.98 Å². The van der Waals surface area contributed by atoms with Gasteiger partial charge in [0.15, 0.2) is 0 Å². The van der Waals surface area contributed by atoms with Crippen LogP contribution in [-0.4, -0.2) is 16.6 Å². The van der Waals surface area contributed by atoms with E-state index in [4.69, 9.17) is 4.74 Å². The largest absolute Gasteiger partial charge is 0.463 e. The van der Waals surface area contributed by atoms with E-state index in [1.54, 1.807) is 0 Å². The normalized spacial score (nSPS) is 15.5. The minimum atomic E-state index is 0.505. The van der Waals surface area contributed by atoms with Crippen LogP contribution < -0.4 is 4.74 Å². The molecule has 1 aliphatic rings. The van der Waals surface area contributed by atoms with Crippen LogP contribution in [-0.2, 0) is 0 Å². The minimum Gasteiger partial charge on any atom is -0.463 e. The Kier molecular flexibility index (Phi) is 6.45. The van der Waals surface area contributed by atoms with Crippen molar-refractivity contribution in [1.29, 1.82) is 0 Å². The fraction of sp³-hybridized carbons (Fsp3) is 0.619. The summed E-state index contributed by atoms with van der Waals surface area (Å²) in [6.07, 6.45) is 14.1. The van der Waals surface area contributed by atoms with Gasteiger partial charge in [-0.1, -0.05) is 63.6 Å². The first-order chi connectivity index (χ1) is 11.9. The Balaban J connectivity index is 1.29. The van der Waals surface area contributed by atoms with E-state index in [0.29, 0.717) is 6.01 Å². The number of aromatic nitrogens is 2. The maximum Gasteiger partial charge on any atom is 0.316 e. The van der Waals surface area contributed by atoms with E-state index in [1.165, 1.54) is 51.4 Å². The lowest BCUT2D eigenvalue weighted by atomic mass is 9.92. The molecule has 3 rings (SSSR count). The molecule has 130 valence electrons. The number of nitrogens with zero attached hydrogens (tertiary/aromatic N) is 2. The number of hydrogen-bond acceptors (Lipinski definition) is 3. The monoisotopic (exact) mass is 326 g/mol. The van der Waals surface area contributed by atoms with E-state index in [0.717, 1.165) is 35.8 Å². The summed E-state index contributed by atoms with van der Waals surface area (Å²) in [6, 6.07) is 8.52. The summed E-state index contributed by atoms with van der Waals surface area (Å²) < 4.78 is 5.71. The van der Waals surface area contributed by atoms with Gasteiger partial charge < -0.3 is 4.74 Å². The number of hydrogen-bond donors (Lipinski definition) is 0. The van der Waals surface area contributed by atoms with Crippen molar-refractivity contribution in [3.8, 4) is 6.01 Å². The molecule has 0 N–H and O–H groups in total. The summed E-state index contributed by atoms with van der Waals surface area (Å²) in [7, 11) is 0. The molecule has 1 aromatic heterocycles. The van der Waals surface area contributed by atoms with E-state index in [9.17, 15) is 0 Å². The fourth-order valence-corrected chi connectivity index (χ4v) is 3.60. The molecule has 1 heterocycles. The summed E-state index contributed by atoms with van der Waals surface area (Å²) in [4.78, 5) is 8.72. The number of ether oxygens (including phenoxy) is 1. The van der Waals surface area contributed by atoms with Gasteiger partial charge in [-0.2, -0.15) is 4.98 Å². The van der Waals surface area contributed by atoms with Gasteiger partial charge in [0, 0.05) is 11.6 Å². The van der Waals surface area contributed by atoms with Crippen molar-refractivity contribution in [2.24, 2.45) is 11.8 Å². The molecule has 0 aliphatic heterocycles. The van der Waals surface area contributed by atoms with Crippen molar-refractivity contribution in [1.82, 2.24) is 9.97 Å². The van der Waals surface area contributed by atoms with Crippen molar-refractivity contribution in [3.05, 3.63) is 30.5 Å². The SMILES string of the molecule is CCCC(CCCCCCOc1ncc2ccccc2n1)C1CC1. The highest BCUT2D eigenvalue weighted by atomic mass is 16.5. The van der Waals surface area contributed by atoms with Gasteiger partial charge in [0.1, 0.15) is 0 Å². The van der Waals surface area contributed by atoms with Crippen molar-refractivity contribution < 1.29 is 4.74 Å². The van der Waals surface area contributed by atoms with Crippen molar-refractivity contribution in [2.75, 3.05) is 6.61 Å². The molecule has 0 radical (unpaired) electrons. The summed E-state index contributed by atoms with van der Waals surface area (Å²) in [5, 5.41) is 1.06. The van der Waals surface area contributed by atoms with E-state index < -0.39 is 0 Å². The average Bonchev–Trinajstić information content (AvgIpc) is 3.45. The fourth-order valence-electron chi connectivity index (χ4n) is 3.60. The zero-order valence-electron chi connectivity index (χ0n) is 14.9. The van der Waals surface area contributed by atoms with Gasteiger partial charge in [-0.15, -0.1) is 0 Å². The molecule has 1 unspecified atom stereocenters. The van der Waals surface area contributed by atoms with Gasteiger partial charge in [0.25, 0.3) is 0 Å². The quantitative estimate of drug-likeness (QED) is 0.490. The summed E-state index contributed by atoms with van der Waals surface area (Å²) in [5.41, 5.74) is 0.949. The number of para-hydroxylation sites is 1. The van der Waals surface area contributed by atoms with Crippen molar-refractivity contribution >= 4 is 10.9 Å². The molecule has 1 saturated carbocycles. The van der Waals surface area contributed by atoms with Gasteiger partial charge in [0.05, 0.1) is 12.1 Å². The van der Waals surface area contributed by atoms with Crippen LogP contribution in [0.3, 0.4) is 0 Å². The Morgan fingerprint density at radius 2 is 1.92 bits per heavy atom. The van der Waals surface area contributed by atoms with Crippen molar-refractivity contribution in [2.45, 2.75) is 64.7 Å². The average molecular weight is 326 g/mol. The predicted molar refractivity (Wildman–Crippen MR) is 99.2 cm³/mol. The molecule has 1 aliphatic carbocycles. The molecule has 3 nitrogen and oxygen atoms in total. The first-order valence-corrected chi connectivity index (χ1v) is 9.71. The smallest absolute Gasteiger partial charge is 0.316 e. The Morgan fingerprint density at radius 3 is 2.75 bits per heavy atom. The van der Waals surface area contributed by atoms with E-state index in [1.807, 2.05) is 30.5 Å². The highest BCUT2D eigenvalue weighted by Crippen LogP contribution is 2.41. The molecule has 0 spiro atoms. The number of unbranched alkanes of at least 4 members (excludes halogenated alkanes) is 3. The molecule has 0 saturated heterocycles. The van der Waals surface area contributed by atoms with E-state index in [2.05, 4.69) is 16.9 Å². The first kappa shape index (κ1) is 17.2. The molecular weight excluding hydrogens is 296 g/mol. The second-order valence-corrected chi connectivity index (χ2v) is 7.15. The molecule has 24 heavy (non-hydrogen) atoms. The third-order valence-corrected chi connectivity index (χ3v) is 5.12. The lowest BCUT2D eigenvalue weighted by molar-refractivity contribution is 0.281. The highest BCUT2D eigenvalue weighted by Gasteiger charge is 2.29. The van der Waals surface area contributed by atoms with Crippen LogP contribution in [0.5, 0.6) is 6.01 Å². The summed E-state index contributed by atoms with van der Waals surface area (Å²) in [5.74, 6) is 2.08. The minimum absolute atomic E-state index is 0.505. The maximum atomic E-state index is 5.71. The predicted octanol–water partition coefficient (Wildman–Crippen LogP) is 5.79. The molecule has 1 atom stereocenters. The lowest BCUT2D eigenvalue weighted by Crippen LogP contribution is -2.03. The van der Waals surface area contributed by atoms with Gasteiger partial charge in [0.2, 0.25) is 0 Å². The van der Waals surface area contributed by atoms with Gasteiger partial charge >= 0.3 is 6.01 Å². The van der Waals surface area contributed by atoms with Crippen LogP contribution in [0, 0.1) is 11.8 Å². The number of fused-ring (bicyclic) bond motifs is 1. The second kappa shape index (κ2) is 9.00. The molecule has 0 bridgehead atoms. The molecular formula is C21H30N2O. The number of benzene rings is 1. The Labute approximate surface area is 145 Å². The Bertz CT molecular complexity index is 624. The van der Waals surface area contributed by atoms with Crippen LogP contribution in [0.4, 0.5) is 0 Å². The van der Waals surface area contributed by atoms with Gasteiger partial charge in [-0.05, 0) is 37.2 Å². The van der Waals surface area contributed by atoms with Crippen LogP contribution in [0.2, 0.25) is 0 Å². The van der Waals surface area contributed by atoms with Crippen LogP contribution in [0.25, 0.3) is 10.9 Å². The lowest BCUT2D eigenvalue weighted by Gasteiger charge is -2.14. The van der Waals surface area contributed by atoms with Crippen molar-refractivity contribution in [3.63, 3.8) is 0 Å². The summed E-state index contributed by atoms with van der Waals surface area (Å²) >= 11 is 0. The molecule has 1 aromatic carbocycles. The van der Waals surface area contributed by atoms with Crippen LogP contribution >= 0.6 is 0 Å². The highest BCUT2D eigenvalue weighted by molar-refractivity contribution is 5.77. The van der Waals surface area contributed by atoms with Gasteiger partial charge in [-0.3, -0.25) is 0 Å². The zero-order valence-corrected chi connectivity index (χ0v) is 14.9. The maximum absolute atomic E-state index is 5.71. The van der Waals surface area contributed by atoms with E-state index in [-0.39, 0.29) is 0 Å². The third-order valence-electron chi connectivity index (χ3n) is 5.12. The Morgan fingerprint density at radius 1 is 1.08 bits per heavy atom. The second-order valence-electron chi connectivity index (χ2n) is 7.15. The first-order valence-electron chi connectivity index (χ1n) is 9.71. The standard InChI is InChI=1S/C21H30N2O/c1-2-9-17(18-13-14-18)10-5-3-4-8-15-24-21-22-16-19-11-6-7-12-20(19)23-21/h6-7,11-12,16-18H,2-5,8-10,13-15H2,1H3. The zero-order chi connectivity index (χ0) is 16.6. The Hall–Kier alpha value is -1.64. The number of rotatable bonds is 11. The molecule has 0 amide bonds. The van der Waals surface area contributed by atoms with E-state index >= 15 is 0 Å². The molecule has 3 heteroatoms. The molecule has 1 fully saturated rings. The topological polar surface area (TPSA) is 35.0 Å². The summed E-state index contributed by atoms with van der Waals surface area (Å²) in [6.45, 7) is 3.04. The molecule has 2 aromatic rings.